The second kappa shape index (κ2) is 8.57. The van der Waals surface area contributed by atoms with Crippen molar-refractivity contribution in [1.29, 1.82) is 0 Å². The van der Waals surface area contributed by atoms with E-state index >= 15 is 0 Å². The first-order valence-corrected chi connectivity index (χ1v) is 8.39. The Hall–Kier alpha value is -2.24. The largest absolute Gasteiger partial charge is 0.493 e. The maximum atomic E-state index is 12.3. The molecule has 6 heteroatoms. The minimum Gasteiger partial charge on any atom is -0.493 e. The van der Waals surface area contributed by atoms with Gasteiger partial charge in [-0.05, 0) is 38.0 Å². The number of ether oxygens (including phenoxy) is 2. The number of carbonyl (C=O) groups is 2. The van der Waals surface area contributed by atoms with Crippen LogP contribution in [0, 0.1) is 0 Å². The molecule has 0 bridgehead atoms. The van der Waals surface area contributed by atoms with E-state index < -0.39 is 12.1 Å². The molecule has 1 saturated carbocycles. The van der Waals surface area contributed by atoms with Crippen molar-refractivity contribution in [3.63, 3.8) is 0 Å². The average molecular weight is 335 g/mol. The number of benzene rings is 1. The number of methoxy groups -OCH3 is 1. The molecule has 6 nitrogen and oxygen atoms in total. The van der Waals surface area contributed by atoms with E-state index in [-0.39, 0.29) is 17.5 Å². The lowest BCUT2D eigenvalue weighted by Gasteiger charge is -2.21. The monoisotopic (exact) mass is 335 g/mol. The van der Waals surface area contributed by atoms with Gasteiger partial charge in [0.05, 0.1) is 12.7 Å². The van der Waals surface area contributed by atoms with Crippen molar-refractivity contribution in [2.75, 3.05) is 7.11 Å². The minimum atomic E-state index is -1.04. The maximum absolute atomic E-state index is 12.3. The van der Waals surface area contributed by atoms with Gasteiger partial charge in [-0.3, -0.25) is 4.79 Å². The Kier molecular flexibility index (Phi) is 6.46. The van der Waals surface area contributed by atoms with Crippen LogP contribution in [-0.2, 0) is 4.79 Å². The summed E-state index contributed by atoms with van der Waals surface area (Å²) in [5, 5.41) is 12.1. The molecule has 1 aliphatic carbocycles. The molecule has 1 aromatic carbocycles. The zero-order chi connectivity index (χ0) is 17.5. The fraction of sp³-hybridized carbons (Fsp3) is 0.556. The summed E-state index contributed by atoms with van der Waals surface area (Å²) in [6.45, 7) is 1.68. The molecule has 1 aliphatic rings. The Morgan fingerprint density at radius 3 is 2.42 bits per heavy atom. The molecular formula is C18H25NO5. The summed E-state index contributed by atoms with van der Waals surface area (Å²) in [5.74, 6) is -0.555. The molecule has 1 amide bonds. The number of carboxylic acids is 1. The number of amides is 1. The summed E-state index contributed by atoms with van der Waals surface area (Å²) in [6.07, 6.45) is 6.08. The molecule has 0 radical (unpaired) electrons. The van der Waals surface area contributed by atoms with E-state index in [1.807, 2.05) is 0 Å². The number of hydrogen-bond donors (Lipinski definition) is 2. The Balaban J connectivity index is 1.98. The highest BCUT2D eigenvalue weighted by Crippen LogP contribution is 2.29. The summed E-state index contributed by atoms with van der Waals surface area (Å²) >= 11 is 0. The van der Waals surface area contributed by atoms with Crippen LogP contribution in [0.1, 0.15) is 55.8 Å². The average Bonchev–Trinajstić information content (AvgIpc) is 2.83. The lowest BCUT2D eigenvalue weighted by atomic mass is 10.1. The van der Waals surface area contributed by atoms with E-state index in [1.165, 1.54) is 38.2 Å². The van der Waals surface area contributed by atoms with Gasteiger partial charge in [0.15, 0.2) is 17.6 Å². The van der Waals surface area contributed by atoms with Gasteiger partial charge < -0.3 is 19.9 Å². The van der Waals surface area contributed by atoms with Gasteiger partial charge in [-0.25, -0.2) is 4.79 Å². The van der Waals surface area contributed by atoms with E-state index in [0.717, 1.165) is 25.7 Å². The van der Waals surface area contributed by atoms with E-state index in [9.17, 15) is 9.59 Å². The summed E-state index contributed by atoms with van der Waals surface area (Å²) in [4.78, 5) is 23.3. The van der Waals surface area contributed by atoms with Gasteiger partial charge in [0.25, 0.3) is 5.91 Å². The quantitative estimate of drug-likeness (QED) is 0.781. The van der Waals surface area contributed by atoms with Crippen molar-refractivity contribution in [3.8, 4) is 11.5 Å². The van der Waals surface area contributed by atoms with Crippen LogP contribution in [-0.4, -0.2) is 36.2 Å². The predicted molar refractivity (Wildman–Crippen MR) is 89.7 cm³/mol. The van der Waals surface area contributed by atoms with Crippen molar-refractivity contribution in [2.24, 2.45) is 0 Å². The van der Waals surface area contributed by atoms with Crippen LogP contribution in [0.2, 0.25) is 0 Å². The van der Waals surface area contributed by atoms with Gasteiger partial charge in [-0.1, -0.05) is 25.7 Å². The minimum absolute atomic E-state index is 0.106. The Morgan fingerprint density at radius 2 is 1.83 bits per heavy atom. The number of hydrogen-bond acceptors (Lipinski definition) is 4. The Bertz CT molecular complexity index is 579. The van der Waals surface area contributed by atoms with Gasteiger partial charge in [0.2, 0.25) is 0 Å². The molecule has 2 N–H and O–H groups in total. The van der Waals surface area contributed by atoms with Gasteiger partial charge in [-0.15, -0.1) is 0 Å². The van der Waals surface area contributed by atoms with Crippen molar-refractivity contribution < 1.29 is 24.2 Å². The first-order chi connectivity index (χ1) is 11.5. The van der Waals surface area contributed by atoms with Crippen LogP contribution >= 0.6 is 0 Å². The molecule has 0 spiro atoms. The Morgan fingerprint density at radius 1 is 1.17 bits per heavy atom. The second-order valence-corrected chi connectivity index (χ2v) is 6.13. The zero-order valence-corrected chi connectivity index (χ0v) is 14.2. The number of carbonyl (C=O) groups excluding carboxylic acids is 1. The molecule has 1 aromatic rings. The Labute approximate surface area is 142 Å². The summed E-state index contributed by atoms with van der Waals surface area (Å²) in [5.41, 5.74) is 0.106. The summed E-state index contributed by atoms with van der Waals surface area (Å²) in [6, 6.07) is 4.53. The maximum Gasteiger partial charge on any atom is 0.335 e. The van der Waals surface area contributed by atoms with Crippen LogP contribution in [0.4, 0.5) is 0 Å². The highest BCUT2D eigenvalue weighted by molar-refractivity contribution is 5.88. The standard InChI is InChI=1S/C18H25NO5/c1-12(17(20)19-14-7-5-3-4-6-8-14)24-15-10-9-13(18(21)22)11-16(15)23-2/h9-12,14H,3-8H2,1-2H3,(H,19,20)(H,21,22)/t12-/m0/s1. The molecule has 1 atom stereocenters. The molecule has 0 aromatic heterocycles. The number of rotatable bonds is 6. The van der Waals surface area contributed by atoms with Gasteiger partial charge in [0.1, 0.15) is 0 Å². The SMILES string of the molecule is COc1cc(C(=O)O)ccc1O[C@@H](C)C(=O)NC1CCCCCC1. The van der Waals surface area contributed by atoms with Crippen LogP contribution in [0.15, 0.2) is 18.2 Å². The van der Waals surface area contributed by atoms with Crippen molar-refractivity contribution in [1.82, 2.24) is 5.32 Å². The summed E-state index contributed by atoms with van der Waals surface area (Å²) < 4.78 is 10.8. The van der Waals surface area contributed by atoms with Crippen LogP contribution < -0.4 is 14.8 Å². The second-order valence-electron chi connectivity index (χ2n) is 6.13. The third-order valence-corrected chi connectivity index (χ3v) is 4.29. The zero-order valence-electron chi connectivity index (χ0n) is 14.2. The molecule has 0 aliphatic heterocycles. The van der Waals surface area contributed by atoms with E-state index in [1.54, 1.807) is 6.92 Å². The van der Waals surface area contributed by atoms with E-state index in [4.69, 9.17) is 14.6 Å². The highest BCUT2D eigenvalue weighted by atomic mass is 16.5. The summed E-state index contributed by atoms with van der Waals surface area (Å²) in [7, 11) is 1.43. The van der Waals surface area contributed by atoms with E-state index in [2.05, 4.69) is 5.32 Å². The van der Waals surface area contributed by atoms with Crippen molar-refractivity contribution >= 4 is 11.9 Å². The molecule has 1 fully saturated rings. The molecule has 0 heterocycles. The molecule has 24 heavy (non-hydrogen) atoms. The van der Waals surface area contributed by atoms with Gasteiger partial charge in [0, 0.05) is 6.04 Å². The van der Waals surface area contributed by atoms with Crippen LogP contribution in [0.3, 0.4) is 0 Å². The lowest BCUT2D eigenvalue weighted by molar-refractivity contribution is -0.128. The number of carboxylic acid groups (broad SMARTS) is 1. The van der Waals surface area contributed by atoms with Crippen LogP contribution in [0.25, 0.3) is 0 Å². The predicted octanol–water partition coefficient (Wildman–Crippen LogP) is 3.00. The van der Waals surface area contributed by atoms with E-state index in [0.29, 0.717) is 11.5 Å². The third kappa shape index (κ3) is 4.88. The van der Waals surface area contributed by atoms with Crippen molar-refractivity contribution in [2.45, 2.75) is 57.6 Å². The topological polar surface area (TPSA) is 84.9 Å². The molecule has 0 unspecified atom stereocenters. The number of aromatic carboxylic acids is 1. The molecule has 132 valence electrons. The number of nitrogens with one attached hydrogen (secondary N) is 1. The molecular weight excluding hydrogens is 310 g/mol. The molecule has 2 rings (SSSR count). The smallest absolute Gasteiger partial charge is 0.335 e. The first kappa shape index (κ1) is 18.1. The van der Waals surface area contributed by atoms with Gasteiger partial charge >= 0.3 is 5.97 Å². The molecule has 0 saturated heterocycles. The van der Waals surface area contributed by atoms with Crippen molar-refractivity contribution in [3.05, 3.63) is 23.8 Å². The van der Waals surface area contributed by atoms with Crippen LogP contribution in [0.5, 0.6) is 11.5 Å². The van der Waals surface area contributed by atoms with Gasteiger partial charge in [-0.2, -0.15) is 0 Å². The third-order valence-electron chi connectivity index (χ3n) is 4.29. The fourth-order valence-electron chi connectivity index (χ4n) is 2.88. The fourth-order valence-corrected chi connectivity index (χ4v) is 2.88. The highest BCUT2D eigenvalue weighted by Gasteiger charge is 2.21. The lowest BCUT2D eigenvalue weighted by Crippen LogP contribution is -2.42. The normalized spacial score (nSPS) is 16.8. The first-order valence-electron chi connectivity index (χ1n) is 8.39.